The molecule has 5 aromatic rings. The minimum Gasteiger partial charge on any atom is -0.292 e. The van der Waals surface area contributed by atoms with Gasteiger partial charge in [-0.2, -0.15) is 0 Å². The van der Waals surface area contributed by atoms with Gasteiger partial charge in [-0.05, 0) is 73.2 Å². The first-order valence-electron chi connectivity index (χ1n) is 9.81. The standard InChI is InChI=1S/C24H14Cl3FN4O/c1-13-10-16(28)5-9-20(13)31-12-29-22-21(31)24(33)32(17-6-2-14(25)3-7-17)23(30-22)18-8-4-15(26)11-19(18)27/h2-12H,1H3. The molecule has 0 unspecified atom stereocenters. The number of rotatable bonds is 3. The lowest BCUT2D eigenvalue weighted by atomic mass is 10.2. The van der Waals surface area contributed by atoms with Crippen LogP contribution in [-0.4, -0.2) is 19.1 Å². The monoisotopic (exact) mass is 498 g/mol. The van der Waals surface area contributed by atoms with Gasteiger partial charge in [0.25, 0.3) is 5.56 Å². The van der Waals surface area contributed by atoms with Crippen molar-refractivity contribution < 1.29 is 4.39 Å². The molecule has 0 radical (unpaired) electrons. The fourth-order valence-electron chi connectivity index (χ4n) is 3.72. The van der Waals surface area contributed by atoms with Crippen molar-refractivity contribution in [2.75, 3.05) is 0 Å². The van der Waals surface area contributed by atoms with E-state index < -0.39 is 0 Å². The third-order valence-corrected chi connectivity index (χ3v) is 6.05. The van der Waals surface area contributed by atoms with Gasteiger partial charge in [-0.15, -0.1) is 0 Å². The van der Waals surface area contributed by atoms with E-state index in [0.717, 1.165) is 0 Å². The Hall–Kier alpha value is -3.19. The smallest absolute Gasteiger partial charge is 0.285 e. The van der Waals surface area contributed by atoms with Crippen molar-refractivity contribution in [1.29, 1.82) is 0 Å². The zero-order valence-corrected chi connectivity index (χ0v) is 19.3. The molecule has 5 rings (SSSR count). The summed E-state index contributed by atoms with van der Waals surface area (Å²) in [7, 11) is 0. The molecule has 0 N–H and O–H groups in total. The highest BCUT2D eigenvalue weighted by Crippen LogP contribution is 2.31. The zero-order chi connectivity index (χ0) is 23.3. The van der Waals surface area contributed by atoms with Crippen LogP contribution in [0.1, 0.15) is 5.56 Å². The molecule has 3 aromatic carbocycles. The lowest BCUT2D eigenvalue weighted by Crippen LogP contribution is -2.23. The van der Waals surface area contributed by atoms with Gasteiger partial charge in [-0.25, -0.2) is 14.4 Å². The normalized spacial score (nSPS) is 11.3. The SMILES string of the molecule is Cc1cc(F)ccc1-n1cnc2nc(-c3ccc(Cl)cc3Cl)n(-c3ccc(Cl)cc3)c(=O)c21. The number of hydrogen-bond acceptors (Lipinski definition) is 3. The van der Waals surface area contributed by atoms with E-state index in [9.17, 15) is 9.18 Å². The van der Waals surface area contributed by atoms with Gasteiger partial charge in [0.1, 0.15) is 12.1 Å². The topological polar surface area (TPSA) is 52.7 Å². The first kappa shape index (κ1) is 21.6. The van der Waals surface area contributed by atoms with Crippen molar-refractivity contribution >= 4 is 46.0 Å². The molecule has 2 heterocycles. The number of halogens is 4. The van der Waals surface area contributed by atoms with Crippen molar-refractivity contribution in [2.45, 2.75) is 6.92 Å². The molecule has 0 amide bonds. The van der Waals surface area contributed by atoms with E-state index in [4.69, 9.17) is 34.8 Å². The largest absolute Gasteiger partial charge is 0.292 e. The molecule has 0 aliphatic carbocycles. The first-order valence-corrected chi connectivity index (χ1v) is 10.9. The van der Waals surface area contributed by atoms with Crippen LogP contribution in [0.4, 0.5) is 4.39 Å². The van der Waals surface area contributed by atoms with E-state index in [1.54, 1.807) is 60.0 Å². The predicted molar refractivity (Wildman–Crippen MR) is 130 cm³/mol. The average Bonchev–Trinajstić information content (AvgIpc) is 3.19. The fraction of sp³-hybridized carbons (Fsp3) is 0.0417. The maximum absolute atomic E-state index is 13.9. The summed E-state index contributed by atoms with van der Waals surface area (Å²) >= 11 is 18.6. The molecule has 9 heteroatoms. The van der Waals surface area contributed by atoms with Gasteiger partial charge in [0.15, 0.2) is 17.0 Å². The van der Waals surface area contributed by atoms with Gasteiger partial charge in [0.2, 0.25) is 0 Å². The number of hydrogen-bond donors (Lipinski definition) is 0. The zero-order valence-electron chi connectivity index (χ0n) is 17.1. The summed E-state index contributed by atoms with van der Waals surface area (Å²) in [5, 5.41) is 1.32. The van der Waals surface area contributed by atoms with Gasteiger partial charge in [-0.1, -0.05) is 34.8 Å². The molecule has 0 bridgehead atoms. The minimum atomic E-state index is -0.371. The highest BCUT2D eigenvalue weighted by atomic mass is 35.5. The number of benzene rings is 3. The third kappa shape index (κ3) is 3.80. The number of fused-ring (bicyclic) bond motifs is 1. The van der Waals surface area contributed by atoms with Crippen LogP contribution in [-0.2, 0) is 0 Å². The summed E-state index contributed by atoms with van der Waals surface area (Å²) < 4.78 is 16.7. The van der Waals surface area contributed by atoms with Gasteiger partial charge in [0, 0.05) is 15.6 Å². The van der Waals surface area contributed by atoms with Crippen molar-refractivity contribution in [2.24, 2.45) is 0 Å². The van der Waals surface area contributed by atoms with Crippen molar-refractivity contribution in [3.05, 3.63) is 104 Å². The molecule has 0 aliphatic rings. The lowest BCUT2D eigenvalue weighted by Gasteiger charge is -2.15. The van der Waals surface area contributed by atoms with Gasteiger partial charge in [-0.3, -0.25) is 13.9 Å². The van der Waals surface area contributed by atoms with E-state index in [2.05, 4.69) is 9.97 Å². The summed E-state index contributed by atoms with van der Waals surface area (Å²) in [6.07, 6.45) is 1.50. The molecule has 0 saturated carbocycles. The Bertz CT molecular complexity index is 1590. The third-order valence-electron chi connectivity index (χ3n) is 5.25. The van der Waals surface area contributed by atoms with Crippen molar-refractivity contribution in [1.82, 2.24) is 19.1 Å². The van der Waals surface area contributed by atoms with Crippen LogP contribution in [0.25, 0.3) is 33.9 Å². The molecule has 5 nitrogen and oxygen atoms in total. The summed E-state index contributed by atoms with van der Waals surface area (Å²) in [4.78, 5) is 22.9. The average molecular weight is 500 g/mol. The van der Waals surface area contributed by atoms with Crippen LogP contribution < -0.4 is 5.56 Å². The molecule has 164 valence electrons. The minimum absolute atomic E-state index is 0.231. The molecule has 2 aromatic heterocycles. The van der Waals surface area contributed by atoms with Gasteiger partial charge in [0.05, 0.1) is 16.4 Å². The number of aryl methyl sites for hydroxylation is 1. The maximum Gasteiger partial charge on any atom is 0.285 e. The van der Waals surface area contributed by atoms with Crippen molar-refractivity contribution in [3.63, 3.8) is 0 Å². The molecule has 0 saturated heterocycles. The second-order valence-electron chi connectivity index (χ2n) is 7.39. The van der Waals surface area contributed by atoms with E-state index >= 15 is 0 Å². The van der Waals surface area contributed by atoms with Crippen molar-refractivity contribution in [3.8, 4) is 22.8 Å². The second-order valence-corrected chi connectivity index (χ2v) is 8.67. The predicted octanol–water partition coefficient (Wildman–Crippen LogP) is 6.65. The summed E-state index contributed by atoms with van der Waals surface area (Å²) in [5.74, 6) is -0.0606. The number of aromatic nitrogens is 4. The second kappa shape index (κ2) is 8.30. The molecule has 0 aliphatic heterocycles. The lowest BCUT2D eigenvalue weighted by molar-refractivity contribution is 0.626. The van der Waals surface area contributed by atoms with Crippen LogP contribution in [0.5, 0.6) is 0 Å². The highest BCUT2D eigenvalue weighted by Gasteiger charge is 2.21. The maximum atomic E-state index is 13.9. The number of imidazole rings is 1. The van der Waals surface area contributed by atoms with Crippen LogP contribution >= 0.6 is 34.8 Å². The Morgan fingerprint density at radius 3 is 2.33 bits per heavy atom. The van der Waals surface area contributed by atoms with E-state index in [-0.39, 0.29) is 22.5 Å². The Kier molecular flexibility index (Phi) is 5.44. The quantitative estimate of drug-likeness (QED) is 0.279. The van der Waals surface area contributed by atoms with E-state index in [1.165, 1.54) is 23.0 Å². The first-order chi connectivity index (χ1) is 15.8. The Morgan fingerprint density at radius 1 is 0.909 bits per heavy atom. The van der Waals surface area contributed by atoms with Crippen LogP contribution in [0.15, 0.2) is 71.8 Å². The Labute approximate surface area is 202 Å². The molecule has 0 atom stereocenters. The molecular weight excluding hydrogens is 486 g/mol. The summed E-state index contributed by atoms with van der Waals surface area (Å²) in [6.45, 7) is 1.76. The summed E-state index contributed by atoms with van der Waals surface area (Å²) in [5.41, 5.74) is 2.44. The molecule has 33 heavy (non-hydrogen) atoms. The number of nitrogens with zero attached hydrogens (tertiary/aromatic N) is 4. The molecular formula is C24H14Cl3FN4O. The van der Waals surface area contributed by atoms with Gasteiger partial charge >= 0.3 is 0 Å². The molecule has 0 spiro atoms. The van der Waals surface area contributed by atoms with E-state index in [0.29, 0.717) is 43.4 Å². The highest BCUT2D eigenvalue weighted by molar-refractivity contribution is 6.36. The Balaban J connectivity index is 1.87. The van der Waals surface area contributed by atoms with E-state index in [1.807, 2.05) is 0 Å². The molecule has 0 fully saturated rings. The van der Waals surface area contributed by atoms with Crippen LogP contribution in [0, 0.1) is 12.7 Å². The van der Waals surface area contributed by atoms with Crippen LogP contribution in [0.2, 0.25) is 15.1 Å². The van der Waals surface area contributed by atoms with Crippen LogP contribution in [0.3, 0.4) is 0 Å². The van der Waals surface area contributed by atoms with Gasteiger partial charge < -0.3 is 0 Å². The fourth-order valence-corrected chi connectivity index (χ4v) is 4.34. The Morgan fingerprint density at radius 2 is 1.64 bits per heavy atom. The summed E-state index contributed by atoms with van der Waals surface area (Å²) in [6, 6.07) is 16.1.